The fourth-order valence-corrected chi connectivity index (χ4v) is 2.71. The summed E-state index contributed by atoms with van der Waals surface area (Å²) in [6.07, 6.45) is 0.678. The summed E-state index contributed by atoms with van der Waals surface area (Å²) in [6.45, 7) is 0.579. The minimum absolute atomic E-state index is 0.0578. The Labute approximate surface area is 104 Å². The van der Waals surface area contributed by atoms with Gasteiger partial charge in [-0.25, -0.2) is 9.18 Å². The summed E-state index contributed by atoms with van der Waals surface area (Å²) in [5.74, 6) is -0.274. The maximum atomic E-state index is 12.8. The van der Waals surface area contributed by atoms with Crippen molar-refractivity contribution in [1.29, 1.82) is 0 Å². The lowest BCUT2D eigenvalue weighted by Crippen LogP contribution is -2.37. The molecular weight excluding hydrogens is 237 g/mol. The van der Waals surface area contributed by atoms with Gasteiger partial charge in [0, 0.05) is 6.54 Å². The van der Waals surface area contributed by atoms with E-state index in [0.29, 0.717) is 6.54 Å². The van der Waals surface area contributed by atoms with E-state index in [0.717, 1.165) is 18.4 Å². The Bertz CT molecular complexity index is 462. The van der Waals surface area contributed by atoms with Crippen LogP contribution in [0.3, 0.4) is 0 Å². The number of carboxylic acid groups (broad SMARTS) is 1. The zero-order valence-corrected chi connectivity index (χ0v) is 9.75. The lowest BCUT2D eigenvalue weighted by atomic mass is 10.0. The van der Waals surface area contributed by atoms with Crippen LogP contribution in [-0.4, -0.2) is 34.8 Å². The third-order valence-corrected chi connectivity index (χ3v) is 3.65. The van der Waals surface area contributed by atoms with Gasteiger partial charge < -0.3 is 14.7 Å². The van der Waals surface area contributed by atoms with Gasteiger partial charge in [-0.05, 0) is 30.5 Å². The average molecular weight is 251 g/mol. The highest BCUT2D eigenvalue weighted by molar-refractivity contribution is 5.66. The van der Waals surface area contributed by atoms with Gasteiger partial charge in [0.2, 0.25) is 0 Å². The SMILES string of the molecule is O=C(O)N1CCCC1[C@@H]1O[C@H]1c1ccc(F)cc1. The van der Waals surface area contributed by atoms with Crippen molar-refractivity contribution >= 4 is 6.09 Å². The van der Waals surface area contributed by atoms with Crippen LogP contribution in [-0.2, 0) is 4.74 Å². The molecule has 1 aromatic rings. The van der Waals surface area contributed by atoms with E-state index in [2.05, 4.69) is 0 Å². The van der Waals surface area contributed by atoms with Crippen LogP contribution in [0.2, 0.25) is 0 Å². The van der Waals surface area contributed by atoms with Gasteiger partial charge in [-0.15, -0.1) is 0 Å². The van der Waals surface area contributed by atoms with E-state index in [1.807, 2.05) is 0 Å². The second kappa shape index (κ2) is 4.24. The lowest BCUT2D eigenvalue weighted by molar-refractivity contribution is 0.132. The van der Waals surface area contributed by atoms with Gasteiger partial charge in [-0.2, -0.15) is 0 Å². The lowest BCUT2D eigenvalue weighted by Gasteiger charge is -2.19. The molecular formula is C13H14FNO3. The molecule has 2 fully saturated rings. The number of carbonyl (C=O) groups is 1. The van der Waals surface area contributed by atoms with Crippen molar-refractivity contribution in [2.45, 2.75) is 31.1 Å². The molecule has 2 aliphatic heterocycles. The van der Waals surface area contributed by atoms with Gasteiger partial charge in [0.15, 0.2) is 0 Å². The third kappa shape index (κ3) is 1.95. The van der Waals surface area contributed by atoms with E-state index in [9.17, 15) is 9.18 Å². The number of halogens is 1. The van der Waals surface area contributed by atoms with Crippen LogP contribution < -0.4 is 0 Å². The molecule has 1 unspecified atom stereocenters. The van der Waals surface area contributed by atoms with Crippen molar-refractivity contribution in [3.8, 4) is 0 Å². The Morgan fingerprint density at radius 2 is 2.11 bits per heavy atom. The number of hydrogen-bond donors (Lipinski definition) is 1. The number of amides is 1. The first kappa shape index (κ1) is 11.5. The minimum atomic E-state index is -0.883. The molecule has 2 saturated heterocycles. The molecule has 0 saturated carbocycles. The quantitative estimate of drug-likeness (QED) is 0.821. The molecule has 1 N–H and O–H groups in total. The van der Waals surface area contributed by atoms with E-state index in [4.69, 9.17) is 9.84 Å². The van der Waals surface area contributed by atoms with Crippen LogP contribution in [0.15, 0.2) is 24.3 Å². The molecule has 0 spiro atoms. The summed E-state index contributed by atoms with van der Waals surface area (Å²) in [6, 6.07) is 6.13. The van der Waals surface area contributed by atoms with Gasteiger partial charge in [0.1, 0.15) is 18.0 Å². The number of likely N-dealkylation sites (tertiary alicyclic amines) is 1. The number of ether oxygens (including phenoxy) is 1. The number of nitrogens with zero attached hydrogens (tertiary/aromatic N) is 1. The molecule has 1 amide bonds. The summed E-state index contributed by atoms with van der Waals surface area (Å²) in [7, 11) is 0. The van der Waals surface area contributed by atoms with Crippen molar-refractivity contribution < 1.29 is 19.0 Å². The topological polar surface area (TPSA) is 53.1 Å². The second-order valence-corrected chi connectivity index (χ2v) is 4.76. The van der Waals surface area contributed by atoms with Crippen molar-refractivity contribution in [3.05, 3.63) is 35.6 Å². The second-order valence-electron chi connectivity index (χ2n) is 4.76. The van der Waals surface area contributed by atoms with Crippen LogP contribution in [0, 0.1) is 5.82 Å². The van der Waals surface area contributed by atoms with Crippen molar-refractivity contribution in [1.82, 2.24) is 4.90 Å². The molecule has 0 aromatic heterocycles. The van der Waals surface area contributed by atoms with E-state index in [1.165, 1.54) is 17.0 Å². The zero-order chi connectivity index (χ0) is 12.7. The first-order chi connectivity index (χ1) is 8.66. The Kier molecular flexibility index (Phi) is 2.70. The Morgan fingerprint density at radius 1 is 1.39 bits per heavy atom. The molecule has 0 bridgehead atoms. The third-order valence-electron chi connectivity index (χ3n) is 3.65. The molecule has 3 rings (SSSR count). The van der Waals surface area contributed by atoms with Gasteiger partial charge in [-0.3, -0.25) is 0 Å². The Morgan fingerprint density at radius 3 is 2.78 bits per heavy atom. The minimum Gasteiger partial charge on any atom is -0.465 e. The van der Waals surface area contributed by atoms with E-state index in [1.54, 1.807) is 12.1 Å². The molecule has 0 radical (unpaired) electrons. The molecule has 2 aliphatic rings. The molecule has 4 nitrogen and oxygen atoms in total. The molecule has 5 heteroatoms. The van der Waals surface area contributed by atoms with E-state index in [-0.39, 0.29) is 24.1 Å². The maximum absolute atomic E-state index is 12.8. The maximum Gasteiger partial charge on any atom is 0.407 e. The summed E-state index contributed by atoms with van der Waals surface area (Å²) in [4.78, 5) is 12.5. The van der Waals surface area contributed by atoms with E-state index < -0.39 is 6.09 Å². The van der Waals surface area contributed by atoms with Crippen molar-refractivity contribution in [3.63, 3.8) is 0 Å². The van der Waals surface area contributed by atoms with E-state index >= 15 is 0 Å². The molecule has 1 aromatic carbocycles. The standard InChI is InChI=1S/C13H14FNO3/c14-9-5-3-8(4-6-9)11-12(18-11)10-2-1-7-15(10)13(16)17/h3-6,10-12H,1-2,7H2,(H,16,17)/t10?,11-,12-/m0/s1. The first-order valence-corrected chi connectivity index (χ1v) is 6.07. The van der Waals surface area contributed by atoms with Crippen LogP contribution in [0.25, 0.3) is 0 Å². The largest absolute Gasteiger partial charge is 0.465 e. The fourth-order valence-electron chi connectivity index (χ4n) is 2.71. The summed E-state index contributed by atoms with van der Waals surface area (Å²) in [5, 5.41) is 9.07. The van der Waals surface area contributed by atoms with Crippen LogP contribution in [0.5, 0.6) is 0 Å². The molecule has 0 aliphatic carbocycles. The number of hydrogen-bond acceptors (Lipinski definition) is 2. The smallest absolute Gasteiger partial charge is 0.407 e. The van der Waals surface area contributed by atoms with Gasteiger partial charge in [-0.1, -0.05) is 12.1 Å². The van der Waals surface area contributed by atoms with Crippen LogP contribution in [0.4, 0.5) is 9.18 Å². The van der Waals surface area contributed by atoms with Gasteiger partial charge in [0.25, 0.3) is 0 Å². The number of benzene rings is 1. The number of epoxide rings is 1. The summed E-state index contributed by atoms with van der Waals surface area (Å²) < 4.78 is 18.4. The molecule has 18 heavy (non-hydrogen) atoms. The first-order valence-electron chi connectivity index (χ1n) is 6.07. The Balaban J connectivity index is 1.70. The molecule has 2 heterocycles. The van der Waals surface area contributed by atoms with Gasteiger partial charge >= 0.3 is 6.09 Å². The van der Waals surface area contributed by atoms with Crippen molar-refractivity contribution in [2.75, 3.05) is 6.54 Å². The fraction of sp³-hybridized carbons (Fsp3) is 0.462. The molecule has 96 valence electrons. The zero-order valence-electron chi connectivity index (χ0n) is 9.75. The Hall–Kier alpha value is -1.62. The summed E-state index contributed by atoms with van der Waals surface area (Å²) in [5.41, 5.74) is 0.915. The average Bonchev–Trinajstić information content (AvgIpc) is 2.98. The van der Waals surface area contributed by atoms with Crippen LogP contribution in [0.1, 0.15) is 24.5 Å². The number of rotatable bonds is 2. The molecule has 3 atom stereocenters. The predicted molar refractivity (Wildman–Crippen MR) is 61.8 cm³/mol. The van der Waals surface area contributed by atoms with Crippen LogP contribution >= 0.6 is 0 Å². The normalized spacial score (nSPS) is 30.5. The highest BCUT2D eigenvalue weighted by Gasteiger charge is 2.50. The predicted octanol–water partition coefficient (Wildman–Crippen LogP) is 2.41. The van der Waals surface area contributed by atoms with Gasteiger partial charge in [0.05, 0.1) is 6.04 Å². The van der Waals surface area contributed by atoms with Crippen molar-refractivity contribution in [2.24, 2.45) is 0 Å². The summed E-state index contributed by atoms with van der Waals surface area (Å²) >= 11 is 0. The monoisotopic (exact) mass is 251 g/mol. The highest BCUT2D eigenvalue weighted by atomic mass is 19.1. The highest BCUT2D eigenvalue weighted by Crippen LogP contribution is 2.44.